The van der Waals surface area contributed by atoms with Crippen LogP contribution in [0.15, 0.2) is 18.2 Å². The SMILES string of the molecule is CCC(NC(=O)C1CCC(N)C1)c1cc(F)ccc1F. The van der Waals surface area contributed by atoms with E-state index in [0.29, 0.717) is 12.8 Å². The molecule has 0 saturated heterocycles. The van der Waals surface area contributed by atoms with Crippen molar-refractivity contribution >= 4 is 5.91 Å². The maximum atomic E-state index is 13.8. The van der Waals surface area contributed by atoms with Gasteiger partial charge in [-0.25, -0.2) is 8.78 Å². The molecule has 2 rings (SSSR count). The van der Waals surface area contributed by atoms with Crippen molar-refractivity contribution in [3.63, 3.8) is 0 Å². The lowest BCUT2D eigenvalue weighted by molar-refractivity contribution is -0.125. The first-order chi connectivity index (χ1) is 9.51. The zero-order valence-electron chi connectivity index (χ0n) is 11.5. The number of hydrogen-bond acceptors (Lipinski definition) is 2. The molecule has 0 radical (unpaired) electrons. The molecule has 110 valence electrons. The van der Waals surface area contributed by atoms with Crippen LogP contribution < -0.4 is 11.1 Å². The summed E-state index contributed by atoms with van der Waals surface area (Å²) in [6.45, 7) is 1.83. The number of carbonyl (C=O) groups excluding carboxylic acids is 1. The Hall–Kier alpha value is -1.49. The Labute approximate surface area is 117 Å². The van der Waals surface area contributed by atoms with Crippen molar-refractivity contribution in [1.29, 1.82) is 0 Å². The first kappa shape index (κ1) is 14.9. The lowest BCUT2D eigenvalue weighted by Crippen LogP contribution is -2.34. The van der Waals surface area contributed by atoms with Crippen LogP contribution >= 0.6 is 0 Å². The molecule has 3 nitrogen and oxygen atoms in total. The summed E-state index contributed by atoms with van der Waals surface area (Å²) in [6.07, 6.45) is 2.76. The molecule has 1 aliphatic rings. The van der Waals surface area contributed by atoms with Crippen LogP contribution in [0.5, 0.6) is 0 Å². The van der Waals surface area contributed by atoms with Crippen molar-refractivity contribution in [1.82, 2.24) is 5.32 Å². The minimum atomic E-state index is -0.505. The van der Waals surface area contributed by atoms with Gasteiger partial charge in [-0.15, -0.1) is 0 Å². The van der Waals surface area contributed by atoms with Crippen LogP contribution in [-0.2, 0) is 4.79 Å². The van der Waals surface area contributed by atoms with E-state index in [2.05, 4.69) is 5.32 Å². The third kappa shape index (κ3) is 3.33. The summed E-state index contributed by atoms with van der Waals surface area (Å²) < 4.78 is 27.0. The highest BCUT2D eigenvalue weighted by molar-refractivity contribution is 5.79. The van der Waals surface area contributed by atoms with Gasteiger partial charge < -0.3 is 11.1 Å². The molecule has 5 heteroatoms. The molecular formula is C15H20F2N2O. The van der Waals surface area contributed by atoms with E-state index in [9.17, 15) is 13.6 Å². The summed E-state index contributed by atoms with van der Waals surface area (Å²) in [4.78, 5) is 12.1. The van der Waals surface area contributed by atoms with E-state index < -0.39 is 17.7 Å². The van der Waals surface area contributed by atoms with Crippen molar-refractivity contribution in [3.8, 4) is 0 Å². The van der Waals surface area contributed by atoms with E-state index >= 15 is 0 Å². The van der Waals surface area contributed by atoms with Crippen LogP contribution in [0.1, 0.15) is 44.2 Å². The lowest BCUT2D eigenvalue weighted by Gasteiger charge is -2.20. The molecule has 3 atom stereocenters. The number of hydrogen-bond donors (Lipinski definition) is 2. The van der Waals surface area contributed by atoms with Crippen molar-refractivity contribution in [3.05, 3.63) is 35.4 Å². The molecule has 1 fully saturated rings. The molecule has 0 aliphatic heterocycles. The van der Waals surface area contributed by atoms with E-state index in [-0.39, 0.29) is 23.4 Å². The molecule has 1 aromatic carbocycles. The van der Waals surface area contributed by atoms with Crippen molar-refractivity contribution in [2.45, 2.75) is 44.7 Å². The molecule has 1 saturated carbocycles. The molecule has 0 bridgehead atoms. The fraction of sp³-hybridized carbons (Fsp3) is 0.533. The third-order valence-corrected chi connectivity index (χ3v) is 3.90. The summed E-state index contributed by atoms with van der Waals surface area (Å²) in [5.41, 5.74) is 5.99. The minimum Gasteiger partial charge on any atom is -0.349 e. The smallest absolute Gasteiger partial charge is 0.223 e. The van der Waals surface area contributed by atoms with Crippen LogP contribution in [0.2, 0.25) is 0 Å². The van der Waals surface area contributed by atoms with Gasteiger partial charge in [-0.3, -0.25) is 4.79 Å². The molecule has 20 heavy (non-hydrogen) atoms. The van der Waals surface area contributed by atoms with E-state index in [1.807, 2.05) is 6.92 Å². The van der Waals surface area contributed by atoms with Crippen LogP contribution in [0.3, 0.4) is 0 Å². The molecule has 0 aromatic heterocycles. The van der Waals surface area contributed by atoms with E-state index in [0.717, 1.165) is 31.0 Å². The Kier molecular flexibility index (Phi) is 4.70. The lowest BCUT2D eigenvalue weighted by atomic mass is 10.0. The highest BCUT2D eigenvalue weighted by Gasteiger charge is 2.29. The molecule has 3 N–H and O–H groups in total. The molecular weight excluding hydrogens is 262 g/mol. The molecule has 3 unspecified atom stereocenters. The summed E-state index contributed by atoms with van der Waals surface area (Å²) >= 11 is 0. The van der Waals surface area contributed by atoms with E-state index in [1.54, 1.807) is 0 Å². The number of carbonyl (C=O) groups is 1. The second-order valence-corrected chi connectivity index (χ2v) is 5.41. The number of nitrogens with one attached hydrogen (secondary N) is 1. The first-order valence-corrected chi connectivity index (χ1v) is 7.02. The fourth-order valence-corrected chi connectivity index (χ4v) is 2.73. The van der Waals surface area contributed by atoms with Crippen LogP contribution in [-0.4, -0.2) is 11.9 Å². The van der Waals surface area contributed by atoms with Crippen molar-refractivity contribution in [2.75, 3.05) is 0 Å². The summed E-state index contributed by atoms with van der Waals surface area (Å²) in [5, 5.41) is 2.81. The van der Waals surface area contributed by atoms with Crippen LogP contribution in [0, 0.1) is 17.6 Å². The Balaban J connectivity index is 2.08. The number of rotatable bonds is 4. The zero-order valence-corrected chi connectivity index (χ0v) is 11.5. The molecule has 1 aromatic rings. The quantitative estimate of drug-likeness (QED) is 0.892. The Bertz CT molecular complexity index is 493. The van der Waals surface area contributed by atoms with Gasteiger partial charge in [0.1, 0.15) is 11.6 Å². The highest BCUT2D eigenvalue weighted by atomic mass is 19.1. The Morgan fingerprint density at radius 2 is 2.20 bits per heavy atom. The van der Waals surface area contributed by atoms with Gasteiger partial charge in [0.15, 0.2) is 0 Å². The number of halogens is 2. The zero-order chi connectivity index (χ0) is 14.7. The largest absolute Gasteiger partial charge is 0.349 e. The maximum Gasteiger partial charge on any atom is 0.223 e. The van der Waals surface area contributed by atoms with Gasteiger partial charge in [-0.05, 0) is 43.9 Å². The number of nitrogens with two attached hydrogens (primary N) is 1. The van der Waals surface area contributed by atoms with Crippen LogP contribution in [0.4, 0.5) is 8.78 Å². The average Bonchev–Trinajstić information content (AvgIpc) is 2.85. The summed E-state index contributed by atoms with van der Waals surface area (Å²) in [6, 6.07) is 2.87. The second kappa shape index (κ2) is 6.31. The van der Waals surface area contributed by atoms with Gasteiger partial charge >= 0.3 is 0 Å². The molecule has 1 aliphatic carbocycles. The van der Waals surface area contributed by atoms with Gasteiger partial charge in [-0.1, -0.05) is 6.92 Å². The number of benzene rings is 1. The van der Waals surface area contributed by atoms with Crippen molar-refractivity contribution < 1.29 is 13.6 Å². The molecule has 0 heterocycles. The van der Waals surface area contributed by atoms with E-state index in [1.165, 1.54) is 0 Å². The average molecular weight is 282 g/mol. The Morgan fingerprint density at radius 3 is 2.80 bits per heavy atom. The van der Waals surface area contributed by atoms with Gasteiger partial charge in [-0.2, -0.15) is 0 Å². The first-order valence-electron chi connectivity index (χ1n) is 7.02. The maximum absolute atomic E-state index is 13.8. The molecule has 0 spiro atoms. The topological polar surface area (TPSA) is 55.1 Å². The van der Waals surface area contributed by atoms with Gasteiger partial charge in [0.25, 0.3) is 0 Å². The minimum absolute atomic E-state index is 0.0664. The normalized spacial score (nSPS) is 23.6. The predicted octanol–water partition coefficient (Wildman–Crippen LogP) is 2.66. The van der Waals surface area contributed by atoms with Gasteiger partial charge in [0, 0.05) is 17.5 Å². The third-order valence-electron chi connectivity index (χ3n) is 3.90. The number of amides is 1. The second-order valence-electron chi connectivity index (χ2n) is 5.41. The van der Waals surface area contributed by atoms with Gasteiger partial charge in [0.2, 0.25) is 5.91 Å². The van der Waals surface area contributed by atoms with E-state index in [4.69, 9.17) is 5.73 Å². The Morgan fingerprint density at radius 1 is 1.45 bits per heavy atom. The molecule has 1 amide bonds. The standard InChI is InChI=1S/C15H20F2N2O/c1-2-14(12-8-10(16)4-6-13(12)17)19-15(20)9-3-5-11(18)7-9/h4,6,8-9,11,14H,2-3,5,7,18H2,1H3,(H,19,20). The summed E-state index contributed by atoms with van der Waals surface area (Å²) in [5.74, 6) is -1.23. The van der Waals surface area contributed by atoms with Crippen LogP contribution in [0.25, 0.3) is 0 Å². The van der Waals surface area contributed by atoms with Gasteiger partial charge in [0.05, 0.1) is 6.04 Å². The predicted molar refractivity (Wildman–Crippen MR) is 72.8 cm³/mol. The van der Waals surface area contributed by atoms with Crippen molar-refractivity contribution in [2.24, 2.45) is 11.7 Å². The summed E-state index contributed by atoms with van der Waals surface area (Å²) in [7, 11) is 0. The monoisotopic (exact) mass is 282 g/mol. The fourth-order valence-electron chi connectivity index (χ4n) is 2.73. The highest BCUT2D eigenvalue weighted by Crippen LogP contribution is 2.27.